The van der Waals surface area contributed by atoms with E-state index >= 15 is 0 Å². The largest absolute Gasteiger partial charge is 0.360 e. The average molecular weight is 347 g/mol. The van der Waals surface area contributed by atoms with E-state index in [-0.39, 0.29) is 11.4 Å². The molecular formula is C17H17N9. The molecule has 0 atom stereocenters. The minimum atomic E-state index is 0.239. The molecule has 26 heavy (non-hydrogen) atoms. The number of anilines is 3. The molecule has 0 aliphatic heterocycles. The Morgan fingerprint density at radius 3 is 2.46 bits per heavy atom. The number of nitrogens with zero attached hydrogens (tertiary/aromatic N) is 7. The van der Waals surface area contributed by atoms with E-state index in [9.17, 15) is 0 Å². The lowest BCUT2D eigenvalue weighted by Gasteiger charge is -2.18. The zero-order valence-corrected chi connectivity index (χ0v) is 14.6. The fraction of sp³-hybridized carbons (Fsp3) is 0.176. The molecule has 0 saturated heterocycles. The van der Waals surface area contributed by atoms with Crippen molar-refractivity contribution in [1.29, 1.82) is 5.26 Å². The summed E-state index contributed by atoms with van der Waals surface area (Å²) < 4.78 is 0. The maximum atomic E-state index is 9.16. The van der Waals surface area contributed by atoms with E-state index < -0.39 is 0 Å². The fourth-order valence-electron chi connectivity index (χ4n) is 2.33. The maximum Gasteiger partial charge on any atom is 0.230 e. The number of nitriles is 1. The summed E-state index contributed by atoms with van der Waals surface area (Å²) in [7, 11) is 1.92. The highest BCUT2D eigenvalue weighted by molar-refractivity contribution is 5.74. The Hall–Kier alpha value is -3.80. The zero-order valence-electron chi connectivity index (χ0n) is 14.6. The third-order valence-corrected chi connectivity index (χ3v) is 3.61. The van der Waals surface area contributed by atoms with Crippen LogP contribution in [-0.2, 0) is 0 Å². The third kappa shape index (κ3) is 3.81. The average Bonchev–Trinajstić information content (AvgIpc) is 3.16. The second-order valence-electron chi connectivity index (χ2n) is 5.61. The van der Waals surface area contributed by atoms with E-state index in [0.29, 0.717) is 5.95 Å². The number of aryl methyl sites for hydroxylation is 2. The number of nitrogens with one attached hydrogen (secondary N) is 2. The summed E-state index contributed by atoms with van der Waals surface area (Å²) in [6, 6.07) is 11.6. The molecule has 0 radical (unpaired) electrons. The van der Waals surface area contributed by atoms with E-state index in [1.807, 2.05) is 62.2 Å². The number of rotatable bonds is 5. The topological polar surface area (TPSA) is 119 Å². The molecule has 2 heterocycles. The molecule has 9 nitrogen and oxygen atoms in total. The van der Waals surface area contributed by atoms with Crippen molar-refractivity contribution in [2.75, 3.05) is 17.3 Å². The smallest absolute Gasteiger partial charge is 0.230 e. The normalized spacial score (nSPS) is 11.1. The van der Waals surface area contributed by atoms with Gasteiger partial charge in [-0.2, -0.15) is 10.5 Å². The number of hydrogen-bond donors (Lipinski definition) is 2. The van der Waals surface area contributed by atoms with Crippen LogP contribution in [0, 0.1) is 25.2 Å². The van der Waals surface area contributed by atoms with Crippen molar-refractivity contribution in [3.8, 4) is 6.07 Å². The lowest BCUT2D eigenvalue weighted by molar-refractivity contribution is 0.881. The van der Waals surface area contributed by atoms with E-state index in [0.717, 1.165) is 22.8 Å². The molecule has 0 aliphatic rings. The van der Waals surface area contributed by atoms with Crippen molar-refractivity contribution in [1.82, 2.24) is 30.6 Å². The Kier molecular flexibility index (Phi) is 4.85. The first-order valence-corrected chi connectivity index (χ1v) is 7.83. The number of tetrazole rings is 1. The quantitative estimate of drug-likeness (QED) is 0.675. The molecule has 0 spiro atoms. The van der Waals surface area contributed by atoms with Crippen LogP contribution in [0.1, 0.15) is 17.2 Å². The highest BCUT2D eigenvalue weighted by Crippen LogP contribution is 2.23. The Bertz CT molecular complexity index is 933. The van der Waals surface area contributed by atoms with Crippen molar-refractivity contribution in [3.63, 3.8) is 0 Å². The second-order valence-corrected chi connectivity index (χ2v) is 5.61. The van der Waals surface area contributed by atoms with E-state index in [2.05, 4.69) is 35.9 Å². The predicted octanol–water partition coefficient (Wildman–Crippen LogP) is 2.35. The summed E-state index contributed by atoms with van der Waals surface area (Å²) in [6.07, 6.45) is 1.54. The van der Waals surface area contributed by atoms with Crippen LogP contribution in [0.3, 0.4) is 0 Å². The molecule has 0 saturated carbocycles. The molecule has 0 bridgehead atoms. The molecule has 130 valence electrons. The molecule has 2 N–H and O–H groups in total. The Morgan fingerprint density at radius 1 is 1.19 bits per heavy atom. The van der Waals surface area contributed by atoms with Crippen LogP contribution in [0.15, 0.2) is 36.5 Å². The summed E-state index contributed by atoms with van der Waals surface area (Å²) in [4.78, 5) is 10.8. The Morgan fingerprint density at radius 2 is 1.88 bits per heavy atom. The number of aromatic amines is 1. The molecule has 0 aliphatic carbocycles. The molecule has 3 rings (SSSR count). The van der Waals surface area contributed by atoms with Crippen molar-refractivity contribution >= 4 is 22.9 Å². The van der Waals surface area contributed by atoms with Crippen molar-refractivity contribution in [2.45, 2.75) is 13.8 Å². The minimum absolute atomic E-state index is 0.239. The van der Waals surface area contributed by atoms with Crippen LogP contribution in [0.2, 0.25) is 0 Å². The molecule has 3 aromatic rings. The number of benzene rings is 1. The molecule has 1 aromatic carbocycles. The monoisotopic (exact) mass is 347 g/mol. The van der Waals surface area contributed by atoms with E-state index in [1.165, 1.54) is 6.20 Å². The maximum absolute atomic E-state index is 9.16. The molecule has 2 aromatic heterocycles. The number of aromatic nitrogens is 6. The van der Waals surface area contributed by atoms with Gasteiger partial charge in [-0.15, -0.1) is 10.2 Å². The van der Waals surface area contributed by atoms with Crippen LogP contribution in [-0.4, -0.2) is 37.6 Å². The SMILES string of the molecule is Cc1cc(C)nc(N(C)c2ccc(NC=C(C#N)c3nn[nH]n3)cc2)n1. The number of allylic oxidation sites excluding steroid dienone is 1. The number of H-pyrrole nitrogens is 1. The summed E-state index contributed by atoms with van der Waals surface area (Å²) >= 11 is 0. The summed E-state index contributed by atoms with van der Waals surface area (Å²) in [5.74, 6) is 0.885. The van der Waals surface area contributed by atoms with Gasteiger partial charge >= 0.3 is 0 Å². The van der Waals surface area contributed by atoms with Gasteiger partial charge in [-0.1, -0.05) is 0 Å². The van der Waals surface area contributed by atoms with E-state index in [1.54, 1.807) is 0 Å². The third-order valence-electron chi connectivity index (χ3n) is 3.61. The number of hydrogen-bond acceptors (Lipinski definition) is 8. The zero-order chi connectivity index (χ0) is 18.5. The Balaban J connectivity index is 1.75. The van der Waals surface area contributed by atoms with Crippen molar-refractivity contribution < 1.29 is 0 Å². The highest BCUT2D eigenvalue weighted by Gasteiger charge is 2.09. The van der Waals surface area contributed by atoms with Gasteiger partial charge in [0.2, 0.25) is 11.8 Å². The van der Waals surface area contributed by atoms with Crippen LogP contribution in [0.5, 0.6) is 0 Å². The standard InChI is InChI=1S/C17H17N9/c1-11-8-12(2)21-17(20-11)26(3)15-6-4-14(5-7-15)19-10-13(9-18)16-22-24-25-23-16/h4-8,10,19H,1-3H3,(H,22,23,24,25). The first-order valence-electron chi connectivity index (χ1n) is 7.83. The summed E-state index contributed by atoms with van der Waals surface area (Å²) in [5, 5.41) is 25.6. The Labute approximate surface area is 150 Å². The van der Waals surface area contributed by atoms with Gasteiger partial charge in [0.15, 0.2) is 0 Å². The lowest BCUT2D eigenvalue weighted by Crippen LogP contribution is -2.14. The van der Waals surface area contributed by atoms with Gasteiger partial charge in [-0.05, 0) is 49.4 Å². The minimum Gasteiger partial charge on any atom is -0.360 e. The van der Waals surface area contributed by atoms with E-state index in [4.69, 9.17) is 5.26 Å². The fourth-order valence-corrected chi connectivity index (χ4v) is 2.33. The molecule has 0 fully saturated rings. The molecule has 9 heteroatoms. The lowest BCUT2D eigenvalue weighted by atomic mass is 10.2. The first kappa shape index (κ1) is 17.0. The van der Waals surface area contributed by atoms with Crippen molar-refractivity contribution in [3.05, 3.63) is 53.7 Å². The molecule has 0 amide bonds. The molecular weight excluding hydrogens is 330 g/mol. The van der Waals surface area contributed by atoms with Crippen molar-refractivity contribution in [2.24, 2.45) is 0 Å². The van der Waals surface area contributed by atoms with Crippen LogP contribution in [0.25, 0.3) is 5.57 Å². The van der Waals surface area contributed by atoms with Gasteiger partial charge in [-0.3, -0.25) is 0 Å². The van der Waals surface area contributed by atoms with Gasteiger partial charge in [0.25, 0.3) is 0 Å². The van der Waals surface area contributed by atoms with Gasteiger partial charge in [0.05, 0.1) is 0 Å². The van der Waals surface area contributed by atoms with Crippen LogP contribution < -0.4 is 10.2 Å². The second kappa shape index (κ2) is 7.40. The first-order chi connectivity index (χ1) is 12.6. The highest BCUT2D eigenvalue weighted by atomic mass is 15.5. The van der Waals surface area contributed by atoms with Gasteiger partial charge < -0.3 is 10.2 Å². The predicted molar refractivity (Wildman–Crippen MR) is 97.4 cm³/mol. The summed E-state index contributed by atoms with van der Waals surface area (Å²) in [5.41, 5.74) is 3.90. The van der Waals surface area contributed by atoms with Gasteiger partial charge in [0.1, 0.15) is 11.6 Å². The van der Waals surface area contributed by atoms with Gasteiger partial charge in [-0.25, -0.2) is 9.97 Å². The van der Waals surface area contributed by atoms with Crippen LogP contribution >= 0.6 is 0 Å². The summed E-state index contributed by atoms with van der Waals surface area (Å²) in [6.45, 7) is 3.89. The molecule has 0 unspecified atom stereocenters. The van der Waals surface area contributed by atoms with Gasteiger partial charge in [0, 0.05) is 36.0 Å². The van der Waals surface area contributed by atoms with Crippen LogP contribution in [0.4, 0.5) is 17.3 Å².